The van der Waals surface area contributed by atoms with E-state index in [4.69, 9.17) is 0 Å². The normalized spacial score (nSPS) is 11.1. The van der Waals surface area contributed by atoms with E-state index in [0.717, 1.165) is 6.07 Å². The molecule has 0 unspecified atom stereocenters. The summed E-state index contributed by atoms with van der Waals surface area (Å²) in [4.78, 5) is 9.09. The van der Waals surface area contributed by atoms with Crippen LogP contribution in [0, 0.1) is 22.9 Å². The van der Waals surface area contributed by atoms with E-state index in [2.05, 4.69) is 6.58 Å². The first kappa shape index (κ1) is 12.3. The van der Waals surface area contributed by atoms with Crippen LogP contribution in [0.1, 0.15) is 5.56 Å². The number of hydrogen-bond acceptors (Lipinski definition) is 4. The summed E-state index contributed by atoms with van der Waals surface area (Å²) in [5.74, 6) is -0.824. The second-order valence-electron chi connectivity index (χ2n) is 3.04. The lowest BCUT2D eigenvalue weighted by Crippen LogP contribution is -2.03. The SMILES string of the molecule is C=CS(=O)(=O)c1cc(C)c(F)cc1[N+](=O)[O-]. The standard InChI is InChI=1S/C9H8FNO4S/c1-3-16(14,15)9-4-6(2)7(10)5-8(9)11(12)13/h3-5H,1H2,2H3. The molecular weight excluding hydrogens is 237 g/mol. The van der Waals surface area contributed by atoms with Gasteiger partial charge in [-0.05, 0) is 18.6 Å². The summed E-state index contributed by atoms with van der Waals surface area (Å²) in [5.41, 5.74) is -0.769. The Kier molecular flexibility index (Phi) is 3.09. The van der Waals surface area contributed by atoms with Gasteiger partial charge in [-0.1, -0.05) is 6.58 Å². The molecule has 0 amide bonds. The number of nitrogens with zero attached hydrogens (tertiary/aromatic N) is 1. The van der Waals surface area contributed by atoms with Crippen molar-refractivity contribution in [3.63, 3.8) is 0 Å². The van der Waals surface area contributed by atoms with E-state index in [1.165, 1.54) is 6.92 Å². The van der Waals surface area contributed by atoms with E-state index in [-0.39, 0.29) is 5.56 Å². The second kappa shape index (κ2) is 4.01. The minimum absolute atomic E-state index is 0.0195. The van der Waals surface area contributed by atoms with Gasteiger partial charge in [-0.25, -0.2) is 12.8 Å². The molecule has 0 bridgehead atoms. The van der Waals surface area contributed by atoms with Crippen molar-refractivity contribution in [3.05, 3.63) is 45.6 Å². The number of rotatable bonds is 3. The van der Waals surface area contributed by atoms with Crippen LogP contribution < -0.4 is 0 Å². The lowest BCUT2D eigenvalue weighted by molar-refractivity contribution is -0.388. The molecule has 7 heteroatoms. The Morgan fingerprint density at radius 3 is 2.50 bits per heavy atom. The molecule has 0 aromatic heterocycles. The van der Waals surface area contributed by atoms with Crippen LogP contribution in [0.15, 0.2) is 29.0 Å². The van der Waals surface area contributed by atoms with Crippen LogP contribution in [0.3, 0.4) is 0 Å². The fourth-order valence-electron chi connectivity index (χ4n) is 1.10. The number of sulfone groups is 1. The lowest BCUT2D eigenvalue weighted by atomic mass is 10.2. The largest absolute Gasteiger partial charge is 0.291 e. The Bertz CT molecular complexity index is 565. The van der Waals surface area contributed by atoms with Gasteiger partial charge in [-0.3, -0.25) is 10.1 Å². The smallest absolute Gasteiger partial charge is 0.258 e. The monoisotopic (exact) mass is 245 g/mol. The van der Waals surface area contributed by atoms with Gasteiger partial charge in [-0.2, -0.15) is 0 Å². The summed E-state index contributed by atoms with van der Waals surface area (Å²) in [6.07, 6.45) is 0. The van der Waals surface area contributed by atoms with Crippen LogP contribution in [0.2, 0.25) is 0 Å². The molecule has 0 aliphatic carbocycles. The molecule has 1 rings (SSSR count). The van der Waals surface area contributed by atoms with Crippen LogP contribution >= 0.6 is 0 Å². The van der Waals surface area contributed by atoms with Gasteiger partial charge in [0.2, 0.25) is 9.84 Å². The Hall–Kier alpha value is -1.76. The zero-order chi connectivity index (χ0) is 12.5. The predicted molar refractivity (Wildman–Crippen MR) is 55.2 cm³/mol. The maximum Gasteiger partial charge on any atom is 0.291 e. The van der Waals surface area contributed by atoms with Gasteiger partial charge in [0.25, 0.3) is 5.69 Å². The molecule has 1 aromatic rings. The van der Waals surface area contributed by atoms with Gasteiger partial charge in [0.15, 0.2) is 0 Å². The molecule has 16 heavy (non-hydrogen) atoms. The number of nitro benzene ring substituents is 1. The summed E-state index contributed by atoms with van der Waals surface area (Å²) in [7, 11) is -3.96. The highest BCUT2D eigenvalue weighted by Gasteiger charge is 2.25. The number of halogens is 1. The first-order valence-corrected chi connectivity index (χ1v) is 5.66. The number of aryl methyl sites for hydroxylation is 1. The number of hydrogen-bond donors (Lipinski definition) is 0. The molecule has 0 N–H and O–H groups in total. The van der Waals surface area contributed by atoms with E-state index in [0.29, 0.717) is 11.5 Å². The highest BCUT2D eigenvalue weighted by Crippen LogP contribution is 2.27. The van der Waals surface area contributed by atoms with Gasteiger partial charge in [0.1, 0.15) is 10.7 Å². The molecule has 0 heterocycles. The Morgan fingerprint density at radius 2 is 2.06 bits per heavy atom. The quantitative estimate of drug-likeness (QED) is 0.463. The summed E-state index contributed by atoms with van der Waals surface area (Å²) < 4.78 is 36.0. The molecule has 5 nitrogen and oxygen atoms in total. The molecule has 0 saturated heterocycles. The molecular formula is C9H8FNO4S. The Morgan fingerprint density at radius 1 is 1.50 bits per heavy atom. The zero-order valence-electron chi connectivity index (χ0n) is 8.31. The van der Waals surface area contributed by atoms with E-state index in [1.807, 2.05) is 0 Å². The molecule has 0 radical (unpaired) electrons. The van der Waals surface area contributed by atoms with Crippen molar-refractivity contribution in [2.75, 3.05) is 0 Å². The third-order valence-corrected chi connectivity index (χ3v) is 3.34. The van der Waals surface area contributed by atoms with Crippen LogP contribution in [0.4, 0.5) is 10.1 Å². The van der Waals surface area contributed by atoms with Crippen molar-refractivity contribution in [3.8, 4) is 0 Å². The predicted octanol–water partition coefficient (Wildman–Crippen LogP) is 1.96. The summed E-state index contributed by atoms with van der Waals surface area (Å²) >= 11 is 0. The zero-order valence-corrected chi connectivity index (χ0v) is 9.12. The summed E-state index contributed by atoms with van der Waals surface area (Å²) in [5, 5.41) is 11.2. The highest BCUT2D eigenvalue weighted by molar-refractivity contribution is 7.94. The van der Waals surface area contributed by atoms with Crippen LogP contribution in [-0.4, -0.2) is 13.3 Å². The average Bonchev–Trinajstić information content (AvgIpc) is 2.21. The minimum atomic E-state index is -3.96. The Labute approximate surface area is 91.3 Å². The van der Waals surface area contributed by atoms with Gasteiger partial charge >= 0.3 is 0 Å². The molecule has 0 aliphatic heterocycles. The fraction of sp³-hybridized carbons (Fsp3) is 0.111. The van der Waals surface area contributed by atoms with Gasteiger partial charge in [0, 0.05) is 5.41 Å². The van der Waals surface area contributed by atoms with E-state index in [9.17, 15) is 22.9 Å². The Balaban J connectivity index is 3.68. The fourth-order valence-corrected chi connectivity index (χ4v) is 2.05. The van der Waals surface area contributed by atoms with Crippen molar-refractivity contribution in [2.45, 2.75) is 11.8 Å². The first-order valence-electron chi connectivity index (χ1n) is 4.11. The maximum absolute atomic E-state index is 13.1. The first-order chi connectivity index (χ1) is 7.29. The second-order valence-corrected chi connectivity index (χ2v) is 4.90. The summed E-state index contributed by atoms with van der Waals surface area (Å²) in [6.45, 7) is 4.38. The van der Waals surface area contributed by atoms with Gasteiger partial charge in [0.05, 0.1) is 11.0 Å². The third-order valence-electron chi connectivity index (χ3n) is 1.96. The van der Waals surface area contributed by atoms with Gasteiger partial charge in [-0.15, -0.1) is 0 Å². The number of benzene rings is 1. The third kappa shape index (κ3) is 2.08. The van der Waals surface area contributed by atoms with E-state index in [1.54, 1.807) is 0 Å². The van der Waals surface area contributed by atoms with Crippen LogP contribution in [0.25, 0.3) is 0 Å². The minimum Gasteiger partial charge on any atom is -0.258 e. The summed E-state index contributed by atoms with van der Waals surface area (Å²) in [6, 6.07) is 1.51. The number of nitro groups is 1. The maximum atomic E-state index is 13.1. The molecule has 0 atom stereocenters. The molecule has 0 saturated carbocycles. The van der Waals surface area contributed by atoms with E-state index >= 15 is 0 Å². The van der Waals surface area contributed by atoms with Crippen molar-refractivity contribution in [1.29, 1.82) is 0 Å². The molecule has 0 aliphatic rings. The molecule has 0 fully saturated rings. The van der Waals surface area contributed by atoms with Crippen molar-refractivity contribution in [1.82, 2.24) is 0 Å². The van der Waals surface area contributed by atoms with Crippen LogP contribution in [0.5, 0.6) is 0 Å². The van der Waals surface area contributed by atoms with Crippen molar-refractivity contribution < 1.29 is 17.7 Å². The van der Waals surface area contributed by atoms with Gasteiger partial charge < -0.3 is 0 Å². The van der Waals surface area contributed by atoms with Crippen molar-refractivity contribution in [2.24, 2.45) is 0 Å². The van der Waals surface area contributed by atoms with E-state index < -0.39 is 31.2 Å². The molecule has 0 spiro atoms. The van der Waals surface area contributed by atoms with Crippen LogP contribution in [-0.2, 0) is 9.84 Å². The molecule has 86 valence electrons. The topological polar surface area (TPSA) is 77.3 Å². The highest BCUT2D eigenvalue weighted by atomic mass is 32.2. The molecule has 1 aromatic carbocycles. The lowest BCUT2D eigenvalue weighted by Gasteiger charge is -2.03. The average molecular weight is 245 g/mol. The van der Waals surface area contributed by atoms with Crippen molar-refractivity contribution >= 4 is 15.5 Å².